The number of ketones is 1. The summed E-state index contributed by atoms with van der Waals surface area (Å²) in [6.45, 7) is 3.82. The molecule has 0 amide bonds. The molecule has 0 saturated carbocycles. The minimum absolute atomic E-state index is 0.00401. The second kappa shape index (κ2) is 5.26. The molecule has 0 fully saturated rings. The van der Waals surface area contributed by atoms with Crippen LogP contribution in [0.5, 0.6) is 0 Å². The highest BCUT2D eigenvalue weighted by molar-refractivity contribution is 6.31. The number of hydrogen-bond acceptors (Lipinski definition) is 1. The Bertz CT molecular complexity index is 363. The van der Waals surface area contributed by atoms with Gasteiger partial charge in [-0.2, -0.15) is 0 Å². The quantitative estimate of drug-likeness (QED) is 0.769. The zero-order valence-electron chi connectivity index (χ0n) is 8.89. The molecule has 82 valence electrons. The molecule has 0 heterocycles. The highest BCUT2D eigenvalue weighted by Crippen LogP contribution is 2.21. The molecule has 3 heteroatoms. The lowest BCUT2D eigenvalue weighted by Crippen LogP contribution is -2.13. The van der Waals surface area contributed by atoms with Gasteiger partial charge in [-0.25, -0.2) is 4.39 Å². The van der Waals surface area contributed by atoms with Crippen LogP contribution in [-0.2, 0) is 11.2 Å². The number of halogens is 2. The highest BCUT2D eigenvalue weighted by Gasteiger charge is 2.14. The standard InChI is InChI=1S/C12H14ClFO/c1-3-8(2)11(15)7-9-5-4-6-10(14)12(9)13/h4-6,8H,3,7H2,1-2H3. The van der Waals surface area contributed by atoms with Gasteiger partial charge >= 0.3 is 0 Å². The van der Waals surface area contributed by atoms with E-state index in [1.54, 1.807) is 12.1 Å². The van der Waals surface area contributed by atoms with Gasteiger partial charge in [-0.1, -0.05) is 37.6 Å². The van der Waals surface area contributed by atoms with Crippen molar-refractivity contribution in [3.05, 3.63) is 34.6 Å². The van der Waals surface area contributed by atoms with E-state index in [-0.39, 0.29) is 23.1 Å². The summed E-state index contributed by atoms with van der Waals surface area (Å²) in [5.74, 6) is -0.361. The van der Waals surface area contributed by atoms with Gasteiger partial charge in [0.1, 0.15) is 11.6 Å². The van der Waals surface area contributed by atoms with Gasteiger partial charge in [-0.15, -0.1) is 0 Å². The lowest BCUT2D eigenvalue weighted by Gasteiger charge is -2.08. The molecule has 0 aromatic heterocycles. The van der Waals surface area contributed by atoms with E-state index in [0.717, 1.165) is 6.42 Å². The normalized spacial score (nSPS) is 12.5. The molecule has 0 aliphatic heterocycles. The Kier molecular flexibility index (Phi) is 4.28. The minimum Gasteiger partial charge on any atom is -0.299 e. The van der Waals surface area contributed by atoms with Crippen LogP contribution in [0.1, 0.15) is 25.8 Å². The summed E-state index contributed by atoms with van der Waals surface area (Å²) in [5, 5.41) is 0.0640. The Hall–Kier alpha value is -0.890. The van der Waals surface area contributed by atoms with Gasteiger partial charge in [0.2, 0.25) is 0 Å². The number of benzene rings is 1. The molecule has 1 atom stereocenters. The number of rotatable bonds is 4. The van der Waals surface area contributed by atoms with Crippen molar-refractivity contribution < 1.29 is 9.18 Å². The molecule has 0 aliphatic carbocycles. The molecule has 0 bridgehead atoms. The monoisotopic (exact) mass is 228 g/mol. The summed E-state index contributed by atoms with van der Waals surface area (Å²) >= 11 is 5.76. The van der Waals surface area contributed by atoms with E-state index >= 15 is 0 Å². The average molecular weight is 229 g/mol. The van der Waals surface area contributed by atoms with Crippen molar-refractivity contribution in [2.75, 3.05) is 0 Å². The fraction of sp³-hybridized carbons (Fsp3) is 0.417. The van der Waals surface area contributed by atoms with Crippen LogP contribution < -0.4 is 0 Å². The first-order valence-corrected chi connectivity index (χ1v) is 5.39. The van der Waals surface area contributed by atoms with Crippen LogP contribution >= 0.6 is 11.6 Å². The van der Waals surface area contributed by atoms with Gasteiger partial charge in [-0.3, -0.25) is 4.79 Å². The molecule has 1 rings (SSSR count). The van der Waals surface area contributed by atoms with Crippen molar-refractivity contribution >= 4 is 17.4 Å². The Morgan fingerprint density at radius 3 is 2.80 bits per heavy atom. The summed E-state index contributed by atoms with van der Waals surface area (Å²) in [6, 6.07) is 4.55. The van der Waals surface area contributed by atoms with Gasteiger partial charge in [0.25, 0.3) is 0 Å². The van der Waals surface area contributed by atoms with E-state index in [1.807, 2.05) is 13.8 Å². The average Bonchev–Trinajstić information content (AvgIpc) is 2.23. The summed E-state index contributed by atoms with van der Waals surface area (Å²) < 4.78 is 13.1. The van der Waals surface area contributed by atoms with Gasteiger partial charge in [0, 0.05) is 12.3 Å². The number of Topliss-reactive ketones (excluding diaryl/α,β-unsaturated/α-hetero) is 1. The fourth-order valence-corrected chi connectivity index (χ4v) is 1.47. The Balaban J connectivity index is 2.81. The maximum Gasteiger partial charge on any atom is 0.142 e. The molecule has 1 nitrogen and oxygen atoms in total. The number of carbonyl (C=O) groups excluding carboxylic acids is 1. The van der Waals surface area contributed by atoms with Gasteiger partial charge in [-0.05, 0) is 18.1 Å². The zero-order chi connectivity index (χ0) is 11.4. The van der Waals surface area contributed by atoms with Crippen molar-refractivity contribution in [2.24, 2.45) is 5.92 Å². The summed E-state index contributed by atoms with van der Waals surface area (Å²) in [7, 11) is 0. The summed E-state index contributed by atoms with van der Waals surface area (Å²) in [5.41, 5.74) is 0.571. The van der Waals surface area contributed by atoms with Gasteiger partial charge in [0.15, 0.2) is 0 Å². The summed E-state index contributed by atoms with van der Waals surface area (Å²) in [4.78, 5) is 11.6. The molecule has 1 aromatic carbocycles. The van der Waals surface area contributed by atoms with Crippen molar-refractivity contribution in [2.45, 2.75) is 26.7 Å². The first-order valence-electron chi connectivity index (χ1n) is 5.01. The van der Waals surface area contributed by atoms with Crippen LogP contribution in [0.15, 0.2) is 18.2 Å². The number of hydrogen-bond donors (Lipinski definition) is 0. The third-order valence-electron chi connectivity index (χ3n) is 2.56. The summed E-state index contributed by atoms with van der Waals surface area (Å²) in [6.07, 6.45) is 1.01. The third-order valence-corrected chi connectivity index (χ3v) is 2.98. The zero-order valence-corrected chi connectivity index (χ0v) is 9.64. The van der Waals surface area contributed by atoms with Crippen LogP contribution in [0.4, 0.5) is 4.39 Å². The van der Waals surface area contributed by atoms with Crippen molar-refractivity contribution in [1.82, 2.24) is 0 Å². The van der Waals surface area contributed by atoms with E-state index in [1.165, 1.54) is 6.07 Å². The largest absolute Gasteiger partial charge is 0.299 e. The van der Waals surface area contributed by atoms with Gasteiger partial charge in [0.05, 0.1) is 5.02 Å². The lowest BCUT2D eigenvalue weighted by atomic mass is 9.97. The van der Waals surface area contributed by atoms with Crippen molar-refractivity contribution in [1.29, 1.82) is 0 Å². The Labute approximate surface area is 94.3 Å². The van der Waals surface area contributed by atoms with Crippen molar-refractivity contribution in [3.8, 4) is 0 Å². The molecular formula is C12H14ClFO. The lowest BCUT2D eigenvalue weighted by molar-refractivity contribution is -0.121. The first kappa shape index (κ1) is 12.2. The molecule has 0 saturated heterocycles. The fourth-order valence-electron chi connectivity index (χ4n) is 1.27. The predicted octanol–water partition coefficient (Wildman–Crippen LogP) is 3.64. The maximum atomic E-state index is 13.1. The van der Waals surface area contributed by atoms with Gasteiger partial charge < -0.3 is 0 Å². The van der Waals surface area contributed by atoms with Crippen LogP contribution in [0.2, 0.25) is 5.02 Å². The predicted molar refractivity (Wildman–Crippen MR) is 59.6 cm³/mol. The molecule has 0 aliphatic rings. The minimum atomic E-state index is -0.467. The smallest absolute Gasteiger partial charge is 0.142 e. The second-order valence-corrected chi connectivity index (χ2v) is 4.04. The second-order valence-electron chi connectivity index (χ2n) is 3.67. The highest BCUT2D eigenvalue weighted by atomic mass is 35.5. The molecule has 0 N–H and O–H groups in total. The molecule has 1 aromatic rings. The van der Waals surface area contributed by atoms with Crippen LogP contribution in [0, 0.1) is 11.7 Å². The first-order chi connectivity index (χ1) is 7.06. The SMILES string of the molecule is CCC(C)C(=O)Cc1cccc(F)c1Cl. The van der Waals surface area contributed by atoms with Crippen LogP contribution in [-0.4, -0.2) is 5.78 Å². The molecule has 1 unspecified atom stereocenters. The molecule has 15 heavy (non-hydrogen) atoms. The molecular weight excluding hydrogens is 215 g/mol. The Morgan fingerprint density at radius 1 is 1.53 bits per heavy atom. The van der Waals surface area contributed by atoms with E-state index in [9.17, 15) is 9.18 Å². The van der Waals surface area contributed by atoms with E-state index in [4.69, 9.17) is 11.6 Å². The maximum absolute atomic E-state index is 13.1. The molecule has 0 radical (unpaired) electrons. The van der Waals surface area contributed by atoms with E-state index < -0.39 is 5.82 Å². The van der Waals surface area contributed by atoms with E-state index in [0.29, 0.717) is 5.56 Å². The third kappa shape index (κ3) is 3.03. The molecule has 0 spiro atoms. The topological polar surface area (TPSA) is 17.1 Å². The van der Waals surface area contributed by atoms with Crippen LogP contribution in [0.25, 0.3) is 0 Å². The van der Waals surface area contributed by atoms with E-state index in [2.05, 4.69) is 0 Å². The number of carbonyl (C=O) groups is 1. The van der Waals surface area contributed by atoms with Crippen LogP contribution in [0.3, 0.4) is 0 Å². The van der Waals surface area contributed by atoms with Crippen molar-refractivity contribution in [3.63, 3.8) is 0 Å². The Morgan fingerprint density at radius 2 is 2.20 bits per heavy atom.